The van der Waals surface area contributed by atoms with Crippen molar-refractivity contribution in [1.82, 2.24) is 15.5 Å². The Hall–Kier alpha value is -2.86. The van der Waals surface area contributed by atoms with Gasteiger partial charge in [-0.15, -0.1) is 0 Å². The molecule has 0 aliphatic heterocycles. The average molecular weight is 400 g/mol. The van der Waals surface area contributed by atoms with Crippen molar-refractivity contribution in [3.63, 3.8) is 0 Å². The highest BCUT2D eigenvalue weighted by Crippen LogP contribution is 2.20. The highest BCUT2D eigenvalue weighted by Gasteiger charge is 2.19. The van der Waals surface area contributed by atoms with E-state index in [0.29, 0.717) is 28.9 Å². The van der Waals surface area contributed by atoms with Crippen LogP contribution in [-0.4, -0.2) is 22.2 Å². The van der Waals surface area contributed by atoms with Crippen molar-refractivity contribution in [3.05, 3.63) is 64.5 Å². The average Bonchev–Trinajstić information content (AvgIpc) is 3.13. The van der Waals surface area contributed by atoms with Crippen LogP contribution in [0.3, 0.4) is 0 Å². The van der Waals surface area contributed by atoms with E-state index in [1.807, 2.05) is 32.9 Å². The molecule has 2 aromatic carbocycles. The third-order valence-corrected chi connectivity index (χ3v) is 4.37. The van der Waals surface area contributed by atoms with Crippen LogP contribution >= 0.6 is 11.6 Å². The molecule has 0 aliphatic carbocycles. The Morgan fingerprint density at radius 1 is 1.18 bits per heavy atom. The van der Waals surface area contributed by atoms with Gasteiger partial charge in [0.15, 0.2) is 6.10 Å². The van der Waals surface area contributed by atoms with Gasteiger partial charge in [-0.25, -0.2) is 0 Å². The summed E-state index contributed by atoms with van der Waals surface area (Å²) in [4.78, 5) is 16.8. The zero-order valence-electron chi connectivity index (χ0n) is 16.0. The van der Waals surface area contributed by atoms with Crippen molar-refractivity contribution in [3.8, 4) is 17.1 Å². The van der Waals surface area contributed by atoms with Crippen LogP contribution in [0.5, 0.6) is 5.75 Å². The number of ether oxygens (including phenoxy) is 1. The van der Waals surface area contributed by atoms with Gasteiger partial charge in [0, 0.05) is 10.6 Å². The minimum atomic E-state index is -0.597. The fourth-order valence-corrected chi connectivity index (χ4v) is 2.93. The van der Waals surface area contributed by atoms with Gasteiger partial charge in [0.2, 0.25) is 11.7 Å². The molecule has 7 heteroatoms. The van der Waals surface area contributed by atoms with Crippen LogP contribution in [0.4, 0.5) is 0 Å². The number of aryl methyl sites for hydroxylation is 2. The second-order valence-corrected chi connectivity index (χ2v) is 7.01. The maximum absolute atomic E-state index is 12.5. The Bertz CT molecular complexity index is 934. The quantitative estimate of drug-likeness (QED) is 0.633. The second-order valence-electron chi connectivity index (χ2n) is 6.57. The first-order valence-electron chi connectivity index (χ1n) is 9.06. The fraction of sp³-hybridized carbons (Fsp3) is 0.286. The first-order chi connectivity index (χ1) is 13.4. The first-order valence-corrected chi connectivity index (χ1v) is 9.43. The summed E-state index contributed by atoms with van der Waals surface area (Å²) in [5.74, 6) is 1.22. The zero-order chi connectivity index (χ0) is 20.1. The van der Waals surface area contributed by atoms with E-state index < -0.39 is 6.10 Å². The molecule has 1 aromatic heterocycles. The van der Waals surface area contributed by atoms with E-state index >= 15 is 0 Å². The van der Waals surface area contributed by atoms with E-state index in [4.69, 9.17) is 20.9 Å². The normalized spacial score (nSPS) is 11.9. The lowest BCUT2D eigenvalue weighted by Gasteiger charge is -2.17. The van der Waals surface area contributed by atoms with Gasteiger partial charge < -0.3 is 14.6 Å². The molecule has 0 radical (unpaired) electrons. The SMILES string of the molecule is CC[C@H](Oc1cc(C)cc(C)c1)C(=O)NCc1nc(-c2ccc(Cl)cc2)no1. The lowest BCUT2D eigenvalue weighted by atomic mass is 10.1. The summed E-state index contributed by atoms with van der Waals surface area (Å²) in [6.45, 7) is 6.02. The Morgan fingerprint density at radius 2 is 1.86 bits per heavy atom. The van der Waals surface area contributed by atoms with Crippen LogP contribution in [0.1, 0.15) is 30.4 Å². The van der Waals surface area contributed by atoms with E-state index in [1.165, 1.54) is 0 Å². The molecule has 0 bridgehead atoms. The molecule has 28 heavy (non-hydrogen) atoms. The molecule has 0 fully saturated rings. The Labute approximate surface area is 168 Å². The molecule has 1 amide bonds. The number of hydrogen-bond acceptors (Lipinski definition) is 5. The number of hydrogen-bond donors (Lipinski definition) is 1. The minimum absolute atomic E-state index is 0.131. The third kappa shape index (κ3) is 5.10. The summed E-state index contributed by atoms with van der Waals surface area (Å²) in [7, 11) is 0. The van der Waals surface area contributed by atoms with E-state index in [1.54, 1.807) is 24.3 Å². The van der Waals surface area contributed by atoms with Gasteiger partial charge in [-0.1, -0.05) is 29.7 Å². The van der Waals surface area contributed by atoms with Gasteiger partial charge in [0.25, 0.3) is 5.91 Å². The summed E-state index contributed by atoms with van der Waals surface area (Å²) in [5.41, 5.74) is 2.96. The molecule has 0 saturated carbocycles. The number of aromatic nitrogens is 2. The van der Waals surface area contributed by atoms with Crippen molar-refractivity contribution in [1.29, 1.82) is 0 Å². The predicted octanol–water partition coefficient (Wildman–Crippen LogP) is 4.48. The molecule has 1 atom stereocenters. The number of halogens is 1. The predicted molar refractivity (Wildman–Crippen MR) is 107 cm³/mol. The Morgan fingerprint density at radius 3 is 2.50 bits per heavy atom. The molecule has 146 valence electrons. The third-order valence-electron chi connectivity index (χ3n) is 4.12. The smallest absolute Gasteiger partial charge is 0.261 e. The van der Waals surface area contributed by atoms with Crippen molar-refractivity contribution in [2.24, 2.45) is 0 Å². The maximum Gasteiger partial charge on any atom is 0.261 e. The summed E-state index contributed by atoms with van der Waals surface area (Å²) < 4.78 is 11.1. The van der Waals surface area contributed by atoms with Crippen LogP contribution in [0.25, 0.3) is 11.4 Å². The van der Waals surface area contributed by atoms with Crippen LogP contribution in [0, 0.1) is 13.8 Å². The van der Waals surface area contributed by atoms with Gasteiger partial charge in [-0.05, 0) is 67.8 Å². The molecule has 3 rings (SSSR count). The van der Waals surface area contributed by atoms with Crippen LogP contribution < -0.4 is 10.1 Å². The molecular weight excluding hydrogens is 378 g/mol. The topological polar surface area (TPSA) is 77.2 Å². The number of benzene rings is 2. The van der Waals surface area contributed by atoms with E-state index in [2.05, 4.69) is 21.5 Å². The van der Waals surface area contributed by atoms with Gasteiger partial charge in [0.05, 0.1) is 6.54 Å². The van der Waals surface area contributed by atoms with Gasteiger partial charge in [0.1, 0.15) is 5.75 Å². The molecule has 0 spiro atoms. The maximum atomic E-state index is 12.5. The Balaban J connectivity index is 1.60. The number of carbonyl (C=O) groups excluding carboxylic acids is 1. The molecule has 1 N–H and O–H groups in total. The number of carbonyl (C=O) groups is 1. The standard InChI is InChI=1S/C21H22ClN3O3/c1-4-18(27-17-10-13(2)9-14(3)11-17)21(26)23-12-19-24-20(25-28-19)15-5-7-16(22)8-6-15/h5-11,18H,4,12H2,1-3H3,(H,23,26)/t18-/m0/s1. The molecule has 1 heterocycles. The lowest BCUT2D eigenvalue weighted by Crippen LogP contribution is -2.37. The fourth-order valence-electron chi connectivity index (χ4n) is 2.81. The summed E-state index contributed by atoms with van der Waals surface area (Å²) in [6.07, 6.45) is -0.0570. The number of rotatable bonds is 7. The molecule has 0 unspecified atom stereocenters. The number of amides is 1. The molecular formula is C21H22ClN3O3. The van der Waals surface area contributed by atoms with E-state index in [9.17, 15) is 4.79 Å². The Kier molecular flexibility index (Phi) is 6.31. The van der Waals surface area contributed by atoms with Crippen LogP contribution in [-0.2, 0) is 11.3 Å². The molecule has 6 nitrogen and oxygen atoms in total. The van der Waals surface area contributed by atoms with Gasteiger partial charge in [-0.3, -0.25) is 4.79 Å². The summed E-state index contributed by atoms with van der Waals surface area (Å²) >= 11 is 5.88. The van der Waals surface area contributed by atoms with Gasteiger partial charge in [-0.2, -0.15) is 4.98 Å². The molecule has 0 saturated heterocycles. The van der Waals surface area contributed by atoms with Crippen LogP contribution in [0.2, 0.25) is 5.02 Å². The van der Waals surface area contributed by atoms with Crippen molar-refractivity contribution < 1.29 is 14.1 Å². The van der Waals surface area contributed by atoms with Crippen LogP contribution in [0.15, 0.2) is 47.0 Å². The number of nitrogens with one attached hydrogen (secondary N) is 1. The zero-order valence-corrected chi connectivity index (χ0v) is 16.8. The largest absolute Gasteiger partial charge is 0.481 e. The minimum Gasteiger partial charge on any atom is -0.481 e. The molecule has 0 aliphatic rings. The highest BCUT2D eigenvalue weighted by molar-refractivity contribution is 6.30. The summed E-state index contributed by atoms with van der Waals surface area (Å²) in [6, 6.07) is 13.0. The van der Waals surface area contributed by atoms with Crippen molar-refractivity contribution >= 4 is 17.5 Å². The summed E-state index contributed by atoms with van der Waals surface area (Å²) in [5, 5.41) is 7.36. The van der Waals surface area contributed by atoms with E-state index in [0.717, 1.165) is 16.7 Å². The lowest BCUT2D eigenvalue weighted by molar-refractivity contribution is -0.128. The number of nitrogens with zero attached hydrogens (tertiary/aromatic N) is 2. The van der Waals surface area contributed by atoms with Crippen molar-refractivity contribution in [2.75, 3.05) is 0 Å². The second kappa shape index (κ2) is 8.89. The first kappa shape index (κ1) is 19.9. The van der Waals surface area contributed by atoms with Gasteiger partial charge >= 0.3 is 0 Å². The van der Waals surface area contributed by atoms with E-state index in [-0.39, 0.29) is 12.5 Å². The van der Waals surface area contributed by atoms with Crippen molar-refractivity contribution in [2.45, 2.75) is 39.8 Å². The molecule has 3 aromatic rings. The highest BCUT2D eigenvalue weighted by atomic mass is 35.5. The monoisotopic (exact) mass is 399 g/mol.